The van der Waals surface area contributed by atoms with E-state index in [1.54, 1.807) is 37.5 Å². The number of nitrogens with zero attached hydrogens (tertiary/aromatic N) is 2. The van der Waals surface area contributed by atoms with Crippen LogP contribution in [0.5, 0.6) is 5.75 Å². The van der Waals surface area contributed by atoms with Gasteiger partial charge in [-0.3, -0.25) is 4.79 Å². The van der Waals surface area contributed by atoms with E-state index in [0.29, 0.717) is 17.7 Å². The highest BCUT2D eigenvalue weighted by atomic mass is 16.5. The van der Waals surface area contributed by atoms with Crippen LogP contribution < -0.4 is 0 Å². The molecule has 0 radical (unpaired) electrons. The molecule has 2 heterocycles. The summed E-state index contributed by atoms with van der Waals surface area (Å²) in [6.07, 6.45) is 2.03. The predicted octanol–water partition coefficient (Wildman–Crippen LogP) is 4.14. The molecule has 4 rings (SSSR count). The van der Waals surface area contributed by atoms with Crippen LogP contribution in [0.15, 0.2) is 70.4 Å². The van der Waals surface area contributed by atoms with E-state index in [4.69, 9.17) is 9.15 Å². The van der Waals surface area contributed by atoms with E-state index in [0.717, 1.165) is 16.8 Å². The summed E-state index contributed by atoms with van der Waals surface area (Å²) in [6.45, 7) is 3.17. The van der Waals surface area contributed by atoms with Gasteiger partial charge < -0.3 is 14.3 Å². The second-order valence-electron chi connectivity index (χ2n) is 7.43. The van der Waals surface area contributed by atoms with Crippen molar-refractivity contribution >= 4 is 17.6 Å². The number of carbonyl (C=O) groups is 2. The third-order valence-electron chi connectivity index (χ3n) is 5.21. The molecule has 1 amide bonds. The Labute approximate surface area is 179 Å². The summed E-state index contributed by atoms with van der Waals surface area (Å²) in [5.74, 6) is -0.814. The zero-order valence-corrected chi connectivity index (χ0v) is 17.2. The van der Waals surface area contributed by atoms with E-state index in [1.165, 1.54) is 11.1 Å². The number of benzene rings is 2. The Balaban J connectivity index is 1.52. The molecule has 1 aliphatic heterocycles. The van der Waals surface area contributed by atoms with Gasteiger partial charge in [-0.05, 0) is 43.2 Å². The number of aromatic hydroxyl groups is 1. The van der Waals surface area contributed by atoms with Gasteiger partial charge in [0, 0.05) is 6.42 Å². The van der Waals surface area contributed by atoms with Crippen molar-refractivity contribution in [2.45, 2.75) is 26.3 Å². The number of ether oxygens (including phenoxy) is 1. The molecule has 0 bridgehead atoms. The smallest absolute Gasteiger partial charge is 0.342 e. The lowest BCUT2D eigenvalue weighted by Gasteiger charge is -2.19. The van der Waals surface area contributed by atoms with Crippen LogP contribution >= 0.6 is 0 Å². The zero-order chi connectivity index (χ0) is 22.0. The molecule has 0 saturated heterocycles. The molecule has 1 N–H and O–H groups in total. The summed E-state index contributed by atoms with van der Waals surface area (Å²) in [5, 5.41) is 15.9. The highest BCUT2D eigenvalue weighted by molar-refractivity contribution is 6.03. The Kier molecular flexibility index (Phi) is 5.58. The minimum atomic E-state index is -0.772. The number of hydrogen-bond donors (Lipinski definition) is 1. The van der Waals surface area contributed by atoms with Gasteiger partial charge >= 0.3 is 5.97 Å². The van der Waals surface area contributed by atoms with Gasteiger partial charge in [-0.1, -0.05) is 42.0 Å². The lowest BCUT2D eigenvalue weighted by Crippen LogP contribution is -2.31. The van der Waals surface area contributed by atoms with Crippen LogP contribution in [0.2, 0.25) is 0 Å². The van der Waals surface area contributed by atoms with Crippen molar-refractivity contribution in [3.8, 4) is 5.75 Å². The minimum absolute atomic E-state index is 0.0145. The average molecular weight is 418 g/mol. The number of phenols is 1. The van der Waals surface area contributed by atoms with E-state index in [-0.39, 0.29) is 11.3 Å². The molecule has 31 heavy (non-hydrogen) atoms. The fraction of sp³-hybridized carbons (Fsp3) is 0.208. The first-order valence-corrected chi connectivity index (χ1v) is 9.89. The number of esters is 1. The van der Waals surface area contributed by atoms with E-state index in [1.807, 2.05) is 31.2 Å². The third-order valence-corrected chi connectivity index (χ3v) is 5.21. The maximum absolute atomic E-state index is 12.9. The molecule has 0 saturated carbocycles. The molecule has 7 heteroatoms. The normalized spacial score (nSPS) is 15.6. The summed E-state index contributed by atoms with van der Waals surface area (Å²) in [6, 6.07) is 15.8. The van der Waals surface area contributed by atoms with Crippen LogP contribution in [0.3, 0.4) is 0 Å². The van der Waals surface area contributed by atoms with Crippen molar-refractivity contribution in [2.75, 3.05) is 6.61 Å². The fourth-order valence-corrected chi connectivity index (χ4v) is 3.46. The molecule has 1 aliphatic rings. The van der Waals surface area contributed by atoms with Crippen molar-refractivity contribution in [3.05, 3.63) is 88.9 Å². The monoisotopic (exact) mass is 418 g/mol. The molecule has 7 nitrogen and oxygen atoms in total. The second-order valence-corrected chi connectivity index (χ2v) is 7.43. The molecule has 0 fully saturated rings. The van der Waals surface area contributed by atoms with Crippen LogP contribution in [0, 0.1) is 13.8 Å². The largest absolute Gasteiger partial charge is 0.507 e. The van der Waals surface area contributed by atoms with Gasteiger partial charge in [-0.25, -0.2) is 9.80 Å². The van der Waals surface area contributed by atoms with Crippen LogP contribution in [0.25, 0.3) is 0 Å². The van der Waals surface area contributed by atoms with E-state index < -0.39 is 24.5 Å². The maximum Gasteiger partial charge on any atom is 0.342 e. The first-order chi connectivity index (χ1) is 14.9. The Hall–Kier alpha value is -3.87. The van der Waals surface area contributed by atoms with Gasteiger partial charge in [0.1, 0.15) is 23.1 Å². The number of hydrogen-bond acceptors (Lipinski definition) is 6. The highest BCUT2D eigenvalue weighted by Crippen LogP contribution is 2.33. The summed E-state index contributed by atoms with van der Waals surface area (Å²) in [4.78, 5) is 25.3. The first kappa shape index (κ1) is 20.4. The Morgan fingerprint density at radius 2 is 1.90 bits per heavy atom. The van der Waals surface area contributed by atoms with Crippen molar-refractivity contribution in [1.29, 1.82) is 0 Å². The van der Waals surface area contributed by atoms with E-state index in [2.05, 4.69) is 5.10 Å². The topological polar surface area (TPSA) is 92.3 Å². The zero-order valence-electron chi connectivity index (χ0n) is 17.2. The standard InChI is InChI=1S/C24H22N2O5/c1-15-8-10-17(11-9-15)19-13-20(21-7-4-12-30-21)26(25-19)22(27)14-31-24(29)18-6-3-5-16(2)23(18)28/h3-12,20,28H,13-14H2,1-2H3/t20-/m0/s1. The van der Waals surface area contributed by atoms with Gasteiger partial charge in [0.05, 0.1) is 12.0 Å². The van der Waals surface area contributed by atoms with Gasteiger partial charge in [0.15, 0.2) is 6.61 Å². The van der Waals surface area contributed by atoms with Crippen molar-refractivity contribution in [2.24, 2.45) is 5.10 Å². The number of carbonyl (C=O) groups excluding carboxylic acids is 2. The second kappa shape index (κ2) is 8.47. The van der Waals surface area contributed by atoms with Gasteiger partial charge in [0.25, 0.3) is 5.91 Å². The Morgan fingerprint density at radius 1 is 1.13 bits per heavy atom. The summed E-state index contributed by atoms with van der Waals surface area (Å²) in [7, 11) is 0. The van der Waals surface area contributed by atoms with Crippen molar-refractivity contribution in [1.82, 2.24) is 5.01 Å². The SMILES string of the molecule is Cc1ccc(C2=NN(C(=O)COC(=O)c3cccc(C)c3O)[C@H](c3ccco3)C2)cc1. The number of para-hydroxylation sites is 1. The van der Waals surface area contributed by atoms with Crippen LogP contribution in [0.1, 0.15) is 45.3 Å². The summed E-state index contributed by atoms with van der Waals surface area (Å²) < 4.78 is 10.7. The number of phenolic OH excluding ortho intramolecular Hbond substituents is 1. The van der Waals surface area contributed by atoms with Crippen molar-refractivity contribution < 1.29 is 23.8 Å². The molecule has 3 aromatic rings. The minimum Gasteiger partial charge on any atom is -0.507 e. The molecule has 0 unspecified atom stereocenters. The summed E-state index contributed by atoms with van der Waals surface area (Å²) >= 11 is 0. The van der Waals surface area contributed by atoms with Crippen LogP contribution in [-0.2, 0) is 9.53 Å². The molecule has 158 valence electrons. The number of amides is 1. The van der Waals surface area contributed by atoms with Crippen LogP contribution in [0.4, 0.5) is 0 Å². The fourth-order valence-electron chi connectivity index (χ4n) is 3.46. The van der Waals surface area contributed by atoms with Gasteiger partial charge in [-0.15, -0.1) is 0 Å². The Bertz CT molecular complexity index is 1130. The lowest BCUT2D eigenvalue weighted by atomic mass is 10.0. The molecule has 2 aromatic carbocycles. The van der Waals surface area contributed by atoms with Crippen molar-refractivity contribution in [3.63, 3.8) is 0 Å². The van der Waals surface area contributed by atoms with Gasteiger partial charge in [-0.2, -0.15) is 5.10 Å². The quantitative estimate of drug-likeness (QED) is 0.629. The highest BCUT2D eigenvalue weighted by Gasteiger charge is 2.35. The molecule has 1 atom stereocenters. The predicted molar refractivity (Wildman–Crippen MR) is 114 cm³/mol. The molecular formula is C24H22N2O5. The molecule has 0 aliphatic carbocycles. The maximum atomic E-state index is 12.9. The number of rotatable bonds is 5. The Morgan fingerprint density at radius 3 is 2.61 bits per heavy atom. The summed E-state index contributed by atoms with van der Waals surface area (Å²) in [5.41, 5.74) is 3.35. The van der Waals surface area contributed by atoms with Gasteiger partial charge in [0.2, 0.25) is 0 Å². The van der Waals surface area contributed by atoms with E-state index >= 15 is 0 Å². The average Bonchev–Trinajstić information content (AvgIpc) is 3.44. The number of hydrazone groups is 1. The third kappa shape index (κ3) is 4.21. The first-order valence-electron chi connectivity index (χ1n) is 9.89. The molecule has 1 aromatic heterocycles. The lowest BCUT2D eigenvalue weighted by molar-refractivity contribution is -0.136. The molecular weight excluding hydrogens is 396 g/mol. The number of furan rings is 1. The molecule has 0 spiro atoms. The number of aryl methyl sites for hydroxylation is 2. The van der Waals surface area contributed by atoms with Crippen LogP contribution in [-0.4, -0.2) is 34.3 Å². The van der Waals surface area contributed by atoms with E-state index in [9.17, 15) is 14.7 Å².